The number of hydrogen-bond acceptors (Lipinski definition) is 4. The van der Waals surface area contributed by atoms with Crippen LogP contribution in [-0.4, -0.2) is 36.9 Å². The van der Waals surface area contributed by atoms with Gasteiger partial charge in [0.15, 0.2) is 0 Å². The summed E-state index contributed by atoms with van der Waals surface area (Å²) in [7, 11) is 1.58. The standard InChI is InChI=1S/C28H48O5/c1-18(2)8-7-9-19(3)21-10-11-22-25(29)23(13-15-27(21,22)4)28(5)14-12-20(33-17-32-6)16-24(28)26(30)31/h18-24H,7-17H2,1-6H3,(H,30,31)/t19-,20?,21-,22+,23+,24?,27-,28?/m1/s1. The summed E-state index contributed by atoms with van der Waals surface area (Å²) in [5.41, 5.74) is -0.406. The topological polar surface area (TPSA) is 72.8 Å². The molecule has 0 bridgehead atoms. The van der Waals surface area contributed by atoms with Crippen molar-refractivity contribution >= 4 is 11.8 Å². The maximum Gasteiger partial charge on any atom is 0.307 e. The van der Waals surface area contributed by atoms with Crippen molar-refractivity contribution in [3.05, 3.63) is 0 Å². The van der Waals surface area contributed by atoms with E-state index in [-0.39, 0.29) is 30.1 Å². The minimum atomic E-state index is -0.785. The third-order valence-corrected chi connectivity index (χ3v) is 10.0. The summed E-state index contributed by atoms with van der Waals surface area (Å²) in [6.07, 6.45) is 9.72. The van der Waals surface area contributed by atoms with E-state index in [4.69, 9.17) is 9.47 Å². The zero-order chi connectivity index (χ0) is 24.4. The van der Waals surface area contributed by atoms with E-state index >= 15 is 0 Å². The Labute approximate surface area is 201 Å². The van der Waals surface area contributed by atoms with Crippen LogP contribution in [0.4, 0.5) is 0 Å². The minimum Gasteiger partial charge on any atom is -0.481 e. The van der Waals surface area contributed by atoms with Gasteiger partial charge in [-0.2, -0.15) is 0 Å². The molecule has 0 spiro atoms. The van der Waals surface area contributed by atoms with Gasteiger partial charge in [0.25, 0.3) is 0 Å². The number of Topliss-reactive ketones (excluding diaryl/α,β-unsaturated/α-hetero) is 1. The van der Waals surface area contributed by atoms with Gasteiger partial charge in [-0.3, -0.25) is 9.59 Å². The summed E-state index contributed by atoms with van der Waals surface area (Å²) >= 11 is 0. The number of hydrogen-bond donors (Lipinski definition) is 1. The van der Waals surface area contributed by atoms with Crippen molar-refractivity contribution in [2.45, 2.75) is 105 Å². The van der Waals surface area contributed by atoms with Crippen LogP contribution in [0.15, 0.2) is 0 Å². The Hall–Kier alpha value is -0.940. The van der Waals surface area contributed by atoms with Gasteiger partial charge in [-0.1, -0.05) is 53.9 Å². The number of aliphatic carboxylic acids is 1. The largest absolute Gasteiger partial charge is 0.481 e. The van der Waals surface area contributed by atoms with Crippen LogP contribution in [0, 0.1) is 46.3 Å². The summed E-state index contributed by atoms with van der Waals surface area (Å²) in [6.45, 7) is 11.6. The van der Waals surface area contributed by atoms with Crippen LogP contribution in [0.3, 0.4) is 0 Å². The minimum absolute atomic E-state index is 0.0820. The Balaban J connectivity index is 1.72. The summed E-state index contributed by atoms with van der Waals surface area (Å²) in [4.78, 5) is 26.3. The molecule has 5 nitrogen and oxygen atoms in total. The highest BCUT2D eigenvalue weighted by atomic mass is 16.7. The van der Waals surface area contributed by atoms with Gasteiger partial charge in [-0.05, 0) is 73.5 Å². The Bertz CT molecular complexity index is 690. The number of ketones is 1. The van der Waals surface area contributed by atoms with E-state index in [9.17, 15) is 14.7 Å². The predicted molar refractivity (Wildman–Crippen MR) is 130 cm³/mol. The lowest BCUT2D eigenvalue weighted by molar-refractivity contribution is -0.167. The van der Waals surface area contributed by atoms with Crippen molar-refractivity contribution in [2.75, 3.05) is 13.9 Å². The van der Waals surface area contributed by atoms with Crippen molar-refractivity contribution in [1.29, 1.82) is 0 Å². The molecule has 8 atom stereocenters. The third kappa shape index (κ3) is 5.34. The molecule has 0 aromatic rings. The molecule has 5 heteroatoms. The zero-order valence-corrected chi connectivity index (χ0v) is 21.9. The summed E-state index contributed by atoms with van der Waals surface area (Å²) in [5, 5.41) is 10.1. The molecule has 3 aliphatic rings. The van der Waals surface area contributed by atoms with Crippen molar-refractivity contribution in [2.24, 2.45) is 46.3 Å². The van der Waals surface area contributed by atoms with E-state index in [1.165, 1.54) is 19.3 Å². The van der Waals surface area contributed by atoms with Gasteiger partial charge in [0.1, 0.15) is 12.6 Å². The first-order chi connectivity index (χ1) is 15.5. The number of carbonyl (C=O) groups is 2. The second-order valence-electron chi connectivity index (χ2n) is 12.4. The van der Waals surface area contributed by atoms with Gasteiger partial charge >= 0.3 is 5.97 Å². The first kappa shape index (κ1) is 26.7. The molecule has 190 valence electrons. The van der Waals surface area contributed by atoms with Gasteiger partial charge < -0.3 is 14.6 Å². The van der Waals surface area contributed by atoms with Gasteiger partial charge in [-0.15, -0.1) is 0 Å². The SMILES string of the molecule is COCOC1CCC(C)([C@H]2CC[C@]3(C)[C@@H]([C@H](C)CCCC(C)C)CC[C@H]3C2=O)C(C(=O)O)C1. The summed E-state index contributed by atoms with van der Waals surface area (Å²) in [6, 6.07) is 0. The summed E-state index contributed by atoms with van der Waals surface area (Å²) in [5.74, 6) is 1.01. The second-order valence-corrected chi connectivity index (χ2v) is 12.4. The van der Waals surface area contributed by atoms with Gasteiger partial charge in [0, 0.05) is 18.9 Å². The van der Waals surface area contributed by atoms with Gasteiger partial charge in [0.05, 0.1) is 12.0 Å². The number of carboxylic acid groups (broad SMARTS) is 1. The average Bonchev–Trinajstić information content (AvgIpc) is 3.10. The molecule has 0 aromatic carbocycles. The van der Waals surface area contributed by atoms with E-state index in [0.717, 1.165) is 44.4 Å². The molecule has 3 saturated carbocycles. The molecule has 0 amide bonds. The highest BCUT2D eigenvalue weighted by Gasteiger charge is 2.60. The highest BCUT2D eigenvalue weighted by Crippen LogP contribution is 2.62. The predicted octanol–water partition coefficient (Wildman–Crippen LogP) is 6.34. The molecule has 0 aliphatic heterocycles. The smallest absolute Gasteiger partial charge is 0.307 e. The maximum absolute atomic E-state index is 14.0. The van der Waals surface area contributed by atoms with Crippen molar-refractivity contribution in [1.82, 2.24) is 0 Å². The molecular weight excluding hydrogens is 416 g/mol. The van der Waals surface area contributed by atoms with Crippen LogP contribution in [0.2, 0.25) is 0 Å². The van der Waals surface area contributed by atoms with E-state index < -0.39 is 17.3 Å². The lowest BCUT2D eigenvalue weighted by Crippen LogP contribution is -2.53. The molecule has 0 heterocycles. The Kier molecular flexibility index (Phi) is 8.70. The maximum atomic E-state index is 14.0. The molecule has 0 aromatic heterocycles. The number of carbonyl (C=O) groups excluding carboxylic acids is 1. The monoisotopic (exact) mass is 464 g/mol. The van der Waals surface area contributed by atoms with E-state index in [0.29, 0.717) is 24.0 Å². The van der Waals surface area contributed by atoms with Crippen molar-refractivity contribution in [3.63, 3.8) is 0 Å². The molecule has 1 N–H and O–H groups in total. The molecule has 0 radical (unpaired) electrons. The zero-order valence-electron chi connectivity index (χ0n) is 21.9. The Morgan fingerprint density at radius 2 is 1.70 bits per heavy atom. The first-order valence-corrected chi connectivity index (χ1v) is 13.4. The third-order valence-electron chi connectivity index (χ3n) is 10.0. The Morgan fingerprint density at radius 3 is 2.33 bits per heavy atom. The second kappa shape index (κ2) is 10.8. The van der Waals surface area contributed by atoms with Crippen molar-refractivity contribution < 1.29 is 24.2 Å². The van der Waals surface area contributed by atoms with Crippen LogP contribution in [0.25, 0.3) is 0 Å². The fourth-order valence-corrected chi connectivity index (χ4v) is 7.98. The molecular formula is C28H48O5. The van der Waals surface area contributed by atoms with Crippen LogP contribution in [-0.2, 0) is 19.1 Å². The van der Waals surface area contributed by atoms with Gasteiger partial charge in [-0.25, -0.2) is 0 Å². The van der Waals surface area contributed by atoms with Crippen LogP contribution >= 0.6 is 0 Å². The Morgan fingerprint density at radius 1 is 1.03 bits per heavy atom. The molecule has 3 aliphatic carbocycles. The lowest BCUT2D eigenvalue weighted by Gasteiger charge is -2.52. The van der Waals surface area contributed by atoms with Gasteiger partial charge in [0.2, 0.25) is 0 Å². The van der Waals surface area contributed by atoms with Crippen molar-refractivity contribution in [3.8, 4) is 0 Å². The molecule has 33 heavy (non-hydrogen) atoms. The first-order valence-electron chi connectivity index (χ1n) is 13.4. The average molecular weight is 465 g/mol. The molecule has 3 rings (SSSR count). The van der Waals surface area contributed by atoms with Crippen LogP contribution in [0.1, 0.15) is 98.8 Å². The molecule has 0 saturated heterocycles. The number of carboxylic acids is 1. The number of rotatable bonds is 10. The highest BCUT2D eigenvalue weighted by molar-refractivity contribution is 5.87. The van der Waals surface area contributed by atoms with E-state index in [1.807, 2.05) is 0 Å². The number of methoxy groups -OCH3 is 1. The number of fused-ring (bicyclic) bond motifs is 1. The van der Waals surface area contributed by atoms with Crippen LogP contribution < -0.4 is 0 Å². The quantitative estimate of drug-likeness (QED) is 0.382. The fraction of sp³-hybridized carbons (Fsp3) is 0.929. The van der Waals surface area contributed by atoms with Crippen LogP contribution in [0.5, 0.6) is 0 Å². The molecule has 3 fully saturated rings. The lowest BCUT2D eigenvalue weighted by atomic mass is 9.51. The fourth-order valence-electron chi connectivity index (χ4n) is 7.98. The number of ether oxygens (including phenoxy) is 2. The van der Waals surface area contributed by atoms with E-state index in [2.05, 4.69) is 34.6 Å². The normalized spacial score (nSPS) is 40.1. The summed E-state index contributed by atoms with van der Waals surface area (Å²) < 4.78 is 10.7. The molecule has 3 unspecified atom stereocenters. The van der Waals surface area contributed by atoms with E-state index in [1.54, 1.807) is 7.11 Å².